The largest absolute Gasteiger partial charge is 0.206 e. The Balaban J connectivity index is 1.60. The molecule has 4 aromatic rings. The topological polar surface area (TPSA) is 0 Å². The van der Waals surface area contributed by atoms with Gasteiger partial charge in [0.05, 0.1) is 0 Å². The molecule has 152 valence electrons. The molecule has 0 fully saturated rings. The van der Waals surface area contributed by atoms with E-state index in [1.807, 2.05) is 18.2 Å². The Morgan fingerprint density at radius 3 is 1.93 bits per heavy atom. The maximum absolute atomic E-state index is 14.9. The van der Waals surface area contributed by atoms with Gasteiger partial charge in [0.2, 0.25) is 0 Å². The van der Waals surface area contributed by atoms with Gasteiger partial charge in [-0.05, 0) is 70.1 Å². The predicted molar refractivity (Wildman–Crippen MR) is 118 cm³/mol. The smallest absolute Gasteiger partial charge is 0.159 e. The van der Waals surface area contributed by atoms with E-state index in [4.69, 9.17) is 0 Å². The van der Waals surface area contributed by atoms with E-state index in [9.17, 15) is 13.2 Å². The average molecular weight is 404 g/mol. The van der Waals surface area contributed by atoms with Crippen LogP contribution in [0.2, 0.25) is 0 Å². The maximum atomic E-state index is 14.9. The van der Waals surface area contributed by atoms with E-state index in [2.05, 4.69) is 19.1 Å². The number of hydrogen-bond donors (Lipinski definition) is 0. The lowest BCUT2D eigenvalue weighted by atomic mass is 9.97. The maximum Gasteiger partial charge on any atom is 0.159 e. The third-order valence-corrected chi connectivity index (χ3v) is 5.52. The van der Waals surface area contributed by atoms with E-state index in [-0.39, 0.29) is 5.82 Å². The number of benzene rings is 4. The van der Waals surface area contributed by atoms with Gasteiger partial charge in [0.1, 0.15) is 5.82 Å². The van der Waals surface area contributed by atoms with Crippen LogP contribution in [0.3, 0.4) is 0 Å². The van der Waals surface area contributed by atoms with Crippen LogP contribution in [0.25, 0.3) is 33.0 Å². The van der Waals surface area contributed by atoms with E-state index >= 15 is 0 Å². The summed E-state index contributed by atoms with van der Waals surface area (Å²) < 4.78 is 41.9. The van der Waals surface area contributed by atoms with Crippen LogP contribution < -0.4 is 0 Å². The van der Waals surface area contributed by atoms with Gasteiger partial charge in [-0.1, -0.05) is 68.3 Å². The summed E-state index contributed by atoms with van der Waals surface area (Å²) in [5.74, 6) is -2.14. The van der Waals surface area contributed by atoms with Gasteiger partial charge in [-0.2, -0.15) is 0 Å². The zero-order valence-electron chi connectivity index (χ0n) is 16.9. The molecule has 0 radical (unpaired) electrons. The van der Waals surface area contributed by atoms with E-state index in [0.29, 0.717) is 21.9 Å². The summed E-state index contributed by atoms with van der Waals surface area (Å²) in [6, 6.07) is 20.8. The molecule has 0 saturated carbocycles. The van der Waals surface area contributed by atoms with Gasteiger partial charge >= 0.3 is 0 Å². The highest BCUT2D eigenvalue weighted by Crippen LogP contribution is 2.31. The fourth-order valence-electron chi connectivity index (χ4n) is 3.78. The zero-order chi connectivity index (χ0) is 21.1. The highest BCUT2D eigenvalue weighted by Gasteiger charge is 2.10. The second kappa shape index (κ2) is 8.74. The van der Waals surface area contributed by atoms with Gasteiger partial charge in [-0.25, -0.2) is 13.2 Å². The summed E-state index contributed by atoms with van der Waals surface area (Å²) in [5.41, 5.74) is 4.13. The predicted octanol–water partition coefficient (Wildman–Crippen LogP) is 8.32. The minimum Gasteiger partial charge on any atom is -0.206 e. The Kier molecular flexibility index (Phi) is 5.89. The normalized spacial score (nSPS) is 11.2. The van der Waals surface area contributed by atoms with Gasteiger partial charge < -0.3 is 0 Å². The molecule has 0 spiro atoms. The SMILES string of the molecule is CCCCCc1ccc(-c2ccc(-c3ccc4cc(F)c(F)cc4c3)c(F)c2)cc1. The first-order valence-corrected chi connectivity index (χ1v) is 10.3. The molecule has 0 atom stereocenters. The van der Waals surface area contributed by atoms with Crippen molar-refractivity contribution in [3.05, 3.63) is 95.8 Å². The Morgan fingerprint density at radius 2 is 1.23 bits per heavy atom. The molecule has 0 saturated heterocycles. The van der Waals surface area contributed by atoms with Crippen LogP contribution in [-0.4, -0.2) is 0 Å². The molecule has 0 aliphatic heterocycles. The summed E-state index contributed by atoms with van der Waals surface area (Å²) in [5, 5.41) is 1.11. The van der Waals surface area contributed by atoms with Gasteiger partial charge in [0.15, 0.2) is 11.6 Å². The lowest BCUT2D eigenvalue weighted by Gasteiger charge is -2.09. The number of aryl methyl sites for hydroxylation is 1. The van der Waals surface area contributed by atoms with Crippen LogP contribution in [-0.2, 0) is 6.42 Å². The van der Waals surface area contributed by atoms with Gasteiger partial charge in [-0.3, -0.25) is 0 Å². The summed E-state index contributed by atoms with van der Waals surface area (Å²) in [6.45, 7) is 2.19. The molecule has 0 aromatic heterocycles. The quantitative estimate of drug-likeness (QED) is 0.283. The average Bonchev–Trinajstić information content (AvgIpc) is 2.75. The molecule has 0 nitrogen and oxygen atoms in total. The van der Waals surface area contributed by atoms with Gasteiger partial charge in [0.25, 0.3) is 0 Å². The lowest BCUT2D eigenvalue weighted by molar-refractivity contribution is 0.511. The molecule has 0 bridgehead atoms. The fraction of sp³-hybridized carbons (Fsp3) is 0.185. The van der Waals surface area contributed by atoms with E-state index in [0.717, 1.165) is 29.7 Å². The minimum absolute atomic E-state index is 0.346. The monoisotopic (exact) mass is 404 g/mol. The molecular weight excluding hydrogens is 381 g/mol. The number of fused-ring (bicyclic) bond motifs is 1. The second-order valence-electron chi connectivity index (χ2n) is 7.68. The Morgan fingerprint density at radius 1 is 0.567 bits per heavy atom. The van der Waals surface area contributed by atoms with Crippen molar-refractivity contribution in [1.82, 2.24) is 0 Å². The van der Waals surface area contributed by atoms with Crippen LogP contribution in [0.4, 0.5) is 13.2 Å². The van der Waals surface area contributed by atoms with E-state index < -0.39 is 11.6 Å². The Hall–Kier alpha value is -3.07. The highest BCUT2D eigenvalue weighted by molar-refractivity contribution is 5.88. The van der Waals surface area contributed by atoms with Crippen molar-refractivity contribution in [2.45, 2.75) is 32.6 Å². The van der Waals surface area contributed by atoms with Crippen molar-refractivity contribution in [2.75, 3.05) is 0 Å². The van der Waals surface area contributed by atoms with Crippen molar-refractivity contribution >= 4 is 10.8 Å². The first kappa shape index (κ1) is 20.2. The van der Waals surface area contributed by atoms with Crippen molar-refractivity contribution in [3.8, 4) is 22.3 Å². The number of unbranched alkanes of at least 4 members (excludes halogenated alkanes) is 2. The Bertz CT molecular complexity index is 1180. The first-order chi connectivity index (χ1) is 14.5. The van der Waals surface area contributed by atoms with Gasteiger partial charge in [0, 0.05) is 5.56 Å². The Labute approximate surface area is 175 Å². The van der Waals surface area contributed by atoms with E-state index in [1.54, 1.807) is 24.3 Å². The molecule has 0 aliphatic rings. The van der Waals surface area contributed by atoms with E-state index in [1.165, 1.54) is 30.9 Å². The van der Waals surface area contributed by atoms with Crippen molar-refractivity contribution in [2.24, 2.45) is 0 Å². The molecular formula is C27H23F3. The molecule has 0 N–H and O–H groups in total. The van der Waals surface area contributed by atoms with Crippen molar-refractivity contribution < 1.29 is 13.2 Å². The van der Waals surface area contributed by atoms with Gasteiger partial charge in [-0.15, -0.1) is 0 Å². The van der Waals surface area contributed by atoms with Crippen LogP contribution >= 0.6 is 0 Å². The molecule has 4 rings (SSSR count). The van der Waals surface area contributed by atoms with Crippen molar-refractivity contribution in [1.29, 1.82) is 0 Å². The molecule has 0 amide bonds. The van der Waals surface area contributed by atoms with Crippen LogP contribution in [0.1, 0.15) is 31.7 Å². The molecule has 4 aromatic carbocycles. The molecule has 0 aliphatic carbocycles. The summed E-state index contributed by atoms with van der Waals surface area (Å²) in [6.07, 6.45) is 4.67. The molecule has 0 unspecified atom stereocenters. The van der Waals surface area contributed by atoms with Crippen molar-refractivity contribution in [3.63, 3.8) is 0 Å². The first-order valence-electron chi connectivity index (χ1n) is 10.3. The second-order valence-corrected chi connectivity index (χ2v) is 7.68. The number of rotatable bonds is 6. The van der Waals surface area contributed by atoms with Crippen LogP contribution in [0, 0.1) is 17.5 Å². The number of hydrogen-bond acceptors (Lipinski definition) is 0. The van der Waals surface area contributed by atoms with Crippen LogP contribution in [0.15, 0.2) is 72.8 Å². The highest BCUT2D eigenvalue weighted by atomic mass is 19.2. The summed E-state index contributed by atoms with van der Waals surface area (Å²) in [4.78, 5) is 0. The third kappa shape index (κ3) is 4.25. The molecule has 30 heavy (non-hydrogen) atoms. The zero-order valence-corrected chi connectivity index (χ0v) is 16.9. The minimum atomic E-state index is -0.909. The number of halogens is 3. The summed E-state index contributed by atoms with van der Waals surface area (Å²) >= 11 is 0. The molecule has 0 heterocycles. The summed E-state index contributed by atoms with van der Waals surface area (Å²) in [7, 11) is 0. The molecule has 3 heteroatoms. The third-order valence-electron chi connectivity index (χ3n) is 5.52. The fourth-order valence-corrected chi connectivity index (χ4v) is 3.78. The van der Waals surface area contributed by atoms with Crippen LogP contribution in [0.5, 0.6) is 0 Å². The lowest BCUT2D eigenvalue weighted by Crippen LogP contribution is -1.89. The standard InChI is InChI=1S/C27H23F3/c1-2-3-4-5-18-6-8-19(9-7-18)20-12-13-24(25(28)15-20)22-11-10-21-16-26(29)27(30)17-23(21)14-22/h6-17H,2-5H2,1H3.